The Morgan fingerprint density at radius 3 is 1.51 bits per heavy atom. The highest BCUT2D eigenvalue weighted by atomic mass is 32.1. The number of carbonyl (C=O) groups is 5. The molecule has 0 aromatic carbocycles. The molecule has 0 spiro atoms. The zero-order valence-electron chi connectivity index (χ0n) is 25.5. The number of carboxylic acids is 1. The van der Waals surface area contributed by atoms with Crippen LogP contribution in [0.2, 0.25) is 0 Å². The number of guanidine groups is 2. The number of nitrogens with one attached hydrogen (secondary N) is 4. The largest absolute Gasteiger partial charge is 0.480 e. The summed E-state index contributed by atoms with van der Waals surface area (Å²) in [4.78, 5) is 71.4. The quantitative estimate of drug-likeness (QED) is 0.0211. The lowest BCUT2D eigenvalue weighted by molar-refractivity contribution is -0.142. The van der Waals surface area contributed by atoms with Gasteiger partial charge in [0, 0.05) is 18.8 Å². The minimum atomic E-state index is -1.32. The number of thiol groups is 1. The Bertz CT molecular complexity index is 1020. The molecule has 19 nitrogen and oxygen atoms in total. The van der Waals surface area contributed by atoms with E-state index in [-0.39, 0.29) is 62.9 Å². The maximum absolute atomic E-state index is 13.3. The van der Waals surface area contributed by atoms with Gasteiger partial charge in [-0.15, -0.1) is 0 Å². The van der Waals surface area contributed by atoms with Crippen LogP contribution in [0.15, 0.2) is 9.98 Å². The van der Waals surface area contributed by atoms with Crippen LogP contribution in [0.1, 0.15) is 51.9 Å². The monoisotopic (exact) mass is 662 g/mol. The normalized spacial score (nSPS) is 14.8. The number of hydrogen-bond donors (Lipinski definition) is 13. The molecule has 0 aliphatic heterocycles. The Hall–Kier alpha value is -3.88. The second-order valence-corrected chi connectivity index (χ2v) is 10.6. The molecule has 0 aliphatic carbocycles. The van der Waals surface area contributed by atoms with Crippen LogP contribution in [0.25, 0.3) is 0 Å². The Labute approximate surface area is 267 Å². The van der Waals surface area contributed by atoms with E-state index < -0.39 is 65.9 Å². The van der Waals surface area contributed by atoms with E-state index in [0.29, 0.717) is 19.4 Å². The molecule has 0 radical (unpaired) electrons. The van der Waals surface area contributed by atoms with Crippen molar-refractivity contribution in [2.45, 2.75) is 88.2 Å². The minimum Gasteiger partial charge on any atom is -0.480 e. The molecule has 45 heavy (non-hydrogen) atoms. The number of aliphatic imine (C=N–C) groups is 2. The summed E-state index contributed by atoms with van der Waals surface area (Å²) in [5.74, 6) is -4.89. The van der Waals surface area contributed by atoms with Crippen molar-refractivity contribution in [3.8, 4) is 0 Å². The van der Waals surface area contributed by atoms with Crippen LogP contribution >= 0.6 is 12.6 Å². The van der Waals surface area contributed by atoms with Gasteiger partial charge in [-0.2, -0.15) is 12.6 Å². The molecule has 6 atom stereocenters. The fraction of sp³-hybridized carbons (Fsp3) is 0.720. The van der Waals surface area contributed by atoms with E-state index in [0.717, 1.165) is 0 Å². The van der Waals surface area contributed by atoms with Gasteiger partial charge >= 0.3 is 5.97 Å². The number of aliphatic hydroxyl groups is 1. The number of carbonyl (C=O) groups excluding carboxylic acids is 4. The van der Waals surface area contributed by atoms with Crippen LogP contribution in [-0.4, -0.2) is 113 Å². The van der Waals surface area contributed by atoms with Crippen molar-refractivity contribution in [2.24, 2.45) is 44.4 Å². The first-order chi connectivity index (χ1) is 21.1. The summed E-state index contributed by atoms with van der Waals surface area (Å²) in [6.07, 6.45) is 0.471. The van der Waals surface area contributed by atoms with Crippen LogP contribution in [0.5, 0.6) is 0 Å². The van der Waals surface area contributed by atoms with E-state index in [1.54, 1.807) is 0 Å². The third-order valence-corrected chi connectivity index (χ3v) is 6.72. The van der Waals surface area contributed by atoms with Crippen LogP contribution < -0.4 is 55.7 Å². The number of hydrogen-bond acceptors (Lipinski definition) is 11. The smallest absolute Gasteiger partial charge is 0.326 e. The lowest BCUT2D eigenvalue weighted by atomic mass is 10.0. The molecule has 4 amide bonds. The molecule has 0 saturated heterocycles. The van der Waals surface area contributed by atoms with Crippen molar-refractivity contribution in [3.63, 3.8) is 0 Å². The van der Waals surface area contributed by atoms with Crippen molar-refractivity contribution in [3.05, 3.63) is 0 Å². The predicted molar refractivity (Wildman–Crippen MR) is 172 cm³/mol. The van der Waals surface area contributed by atoms with Gasteiger partial charge in [0.1, 0.15) is 30.2 Å². The molecular formula is C25H50N12O7S. The number of amides is 4. The Balaban J connectivity index is 5.75. The fourth-order valence-corrected chi connectivity index (χ4v) is 4.05. The number of carboxylic acid groups (broad SMARTS) is 1. The number of nitrogens with zero attached hydrogens (tertiary/aromatic N) is 2. The molecule has 0 fully saturated rings. The van der Waals surface area contributed by atoms with Gasteiger partial charge in [-0.05, 0) is 58.4 Å². The Morgan fingerprint density at radius 1 is 0.689 bits per heavy atom. The average molecular weight is 663 g/mol. The third-order valence-electron chi connectivity index (χ3n) is 6.36. The molecular weight excluding hydrogens is 612 g/mol. The van der Waals surface area contributed by atoms with Gasteiger partial charge in [-0.1, -0.05) is 0 Å². The van der Waals surface area contributed by atoms with Crippen LogP contribution in [0, 0.1) is 0 Å². The number of unbranched alkanes of at least 4 members (excludes halogenated alkanes) is 1. The molecule has 258 valence electrons. The van der Waals surface area contributed by atoms with Gasteiger partial charge in [0.25, 0.3) is 0 Å². The summed E-state index contributed by atoms with van der Waals surface area (Å²) in [7, 11) is 0. The second-order valence-electron chi connectivity index (χ2n) is 10.2. The standard InChI is InChI=1S/C25H50N12O7S/c1-13(38)18(27)22(42)35-15(7-4-10-32-24(28)29)19(39)34-14(6-2-3-9-26)20(40)37-17(12-45)21(41)36-16(23(43)44)8-5-11-33-25(30)31/h13-18,38,45H,2-12,26-27H2,1H3,(H,34,39)(H,35,42)(H,36,41)(H,37,40)(H,43,44)(H4,28,29,32)(H4,30,31,33)/t13-,14+,15+,16+,17+,18+/m1/s1. The maximum Gasteiger partial charge on any atom is 0.326 e. The molecule has 0 bridgehead atoms. The first-order valence-electron chi connectivity index (χ1n) is 14.4. The lowest BCUT2D eigenvalue weighted by Gasteiger charge is -2.26. The number of nitrogens with two attached hydrogens (primary N) is 6. The predicted octanol–water partition coefficient (Wildman–Crippen LogP) is -5.12. The van der Waals surface area contributed by atoms with Crippen LogP contribution in [0.3, 0.4) is 0 Å². The molecule has 0 aromatic rings. The van der Waals surface area contributed by atoms with Gasteiger partial charge in [-0.25, -0.2) is 4.79 Å². The van der Waals surface area contributed by atoms with Crippen molar-refractivity contribution >= 4 is 54.1 Å². The third kappa shape index (κ3) is 17.9. The molecule has 0 aliphatic rings. The molecule has 0 saturated carbocycles. The zero-order chi connectivity index (χ0) is 34.5. The van der Waals surface area contributed by atoms with E-state index >= 15 is 0 Å². The van der Waals surface area contributed by atoms with Gasteiger partial charge in [0.15, 0.2) is 11.9 Å². The molecule has 18 N–H and O–H groups in total. The van der Waals surface area contributed by atoms with E-state index in [4.69, 9.17) is 34.4 Å². The topological polar surface area (TPSA) is 355 Å². The van der Waals surface area contributed by atoms with Gasteiger partial charge in [-0.3, -0.25) is 29.2 Å². The SMILES string of the molecule is C[C@@H](O)[C@H](N)C(=O)N[C@@H](CCCN=C(N)N)C(=O)N[C@@H](CCCCN)C(=O)N[C@@H](CS)C(=O)N[C@@H](CCCN=C(N)N)C(=O)O. The van der Waals surface area contributed by atoms with Gasteiger partial charge < -0.3 is 65.9 Å². The number of aliphatic carboxylic acids is 1. The molecule has 0 unspecified atom stereocenters. The number of aliphatic hydroxyl groups excluding tert-OH is 1. The van der Waals surface area contributed by atoms with E-state index in [1.807, 2.05) is 0 Å². The summed E-state index contributed by atoms with van der Waals surface area (Å²) < 4.78 is 0. The van der Waals surface area contributed by atoms with Crippen LogP contribution in [0.4, 0.5) is 0 Å². The van der Waals surface area contributed by atoms with Crippen molar-refractivity contribution in [2.75, 3.05) is 25.4 Å². The molecule has 0 rings (SSSR count). The first-order valence-corrected chi connectivity index (χ1v) is 15.1. The van der Waals surface area contributed by atoms with Gasteiger partial charge in [0.05, 0.1) is 6.10 Å². The highest BCUT2D eigenvalue weighted by Crippen LogP contribution is 2.07. The first kappa shape index (κ1) is 41.1. The molecule has 20 heteroatoms. The zero-order valence-corrected chi connectivity index (χ0v) is 26.4. The van der Waals surface area contributed by atoms with Gasteiger partial charge in [0.2, 0.25) is 23.6 Å². The number of rotatable bonds is 23. The van der Waals surface area contributed by atoms with Crippen molar-refractivity contribution in [1.82, 2.24) is 21.3 Å². The minimum absolute atomic E-state index is 0.0118. The van der Waals surface area contributed by atoms with E-state index in [9.17, 15) is 34.2 Å². The second kappa shape index (κ2) is 22.6. The summed E-state index contributed by atoms with van der Waals surface area (Å²) in [5.41, 5.74) is 32.5. The Morgan fingerprint density at radius 2 is 1.09 bits per heavy atom. The van der Waals surface area contributed by atoms with E-state index in [2.05, 4.69) is 43.9 Å². The summed E-state index contributed by atoms with van der Waals surface area (Å²) >= 11 is 4.12. The summed E-state index contributed by atoms with van der Waals surface area (Å²) in [5, 5.41) is 29.1. The highest BCUT2D eigenvalue weighted by Gasteiger charge is 2.31. The van der Waals surface area contributed by atoms with Crippen molar-refractivity contribution in [1.29, 1.82) is 0 Å². The fourth-order valence-electron chi connectivity index (χ4n) is 3.79. The average Bonchev–Trinajstić information content (AvgIpc) is 2.96. The van der Waals surface area contributed by atoms with Crippen LogP contribution in [-0.2, 0) is 24.0 Å². The lowest BCUT2D eigenvalue weighted by Crippen LogP contribution is -2.59. The highest BCUT2D eigenvalue weighted by molar-refractivity contribution is 7.80. The Kier molecular flexibility index (Phi) is 20.7. The van der Waals surface area contributed by atoms with Crippen molar-refractivity contribution < 1.29 is 34.2 Å². The molecule has 0 aromatic heterocycles. The molecule has 0 heterocycles. The van der Waals surface area contributed by atoms with E-state index in [1.165, 1.54) is 6.92 Å². The maximum atomic E-state index is 13.3. The summed E-state index contributed by atoms with van der Waals surface area (Å²) in [6, 6.07) is -6.22. The summed E-state index contributed by atoms with van der Waals surface area (Å²) in [6.45, 7) is 1.94.